The smallest absolute Gasteiger partial charge is 0.0893 e. The van der Waals surface area contributed by atoms with Crippen molar-refractivity contribution in [2.75, 3.05) is 6.54 Å². The second-order valence-corrected chi connectivity index (χ2v) is 11.1. The van der Waals surface area contributed by atoms with Crippen LogP contribution in [-0.2, 0) is 0 Å². The number of nitrogens with zero attached hydrogens (tertiary/aromatic N) is 4. The first kappa shape index (κ1) is 26.1. The number of aromatic nitrogens is 2. The Labute approximate surface area is 247 Å². The largest absolute Gasteiger partial charge is 0.345 e. The van der Waals surface area contributed by atoms with Gasteiger partial charge in [0.25, 0.3) is 0 Å². The number of benzene rings is 2. The van der Waals surface area contributed by atoms with Crippen LogP contribution in [0.3, 0.4) is 0 Å². The minimum absolute atomic E-state index is 0.0277. The minimum atomic E-state index is -0.0277. The van der Waals surface area contributed by atoms with Crippen LogP contribution in [0.2, 0.25) is 0 Å². The van der Waals surface area contributed by atoms with Crippen molar-refractivity contribution in [1.82, 2.24) is 14.9 Å². The molecule has 3 unspecified atom stereocenters. The third-order valence-electron chi connectivity index (χ3n) is 8.66. The van der Waals surface area contributed by atoms with Gasteiger partial charge in [-0.25, -0.2) is 4.98 Å². The first-order valence-corrected chi connectivity index (χ1v) is 14.5. The molecule has 0 saturated heterocycles. The Morgan fingerprint density at radius 3 is 2.24 bits per heavy atom. The van der Waals surface area contributed by atoms with E-state index < -0.39 is 0 Å². The third kappa shape index (κ3) is 4.82. The summed E-state index contributed by atoms with van der Waals surface area (Å²) < 4.78 is 0. The predicted molar refractivity (Wildman–Crippen MR) is 171 cm³/mol. The summed E-state index contributed by atoms with van der Waals surface area (Å²) in [6.07, 6.45) is 15.8. The molecule has 0 amide bonds. The molecule has 0 spiro atoms. The van der Waals surface area contributed by atoms with Gasteiger partial charge in [0, 0.05) is 48.1 Å². The van der Waals surface area contributed by atoms with E-state index in [-0.39, 0.29) is 17.9 Å². The van der Waals surface area contributed by atoms with E-state index in [0.29, 0.717) is 5.92 Å². The van der Waals surface area contributed by atoms with Gasteiger partial charge in [-0.1, -0.05) is 85.0 Å². The Hall–Kier alpha value is -4.87. The molecule has 2 aliphatic carbocycles. The van der Waals surface area contributed by atoms with Crippen LogP contribution < -0.4 is 5.73 Å². The predicted octanol–water partition coefficient (Wildman–Crippen LogP) is 7.39. The maximum Gasteiger partial charge on any atom is 0.0893 e. The van der Waals surface area contributed by atoms with E-state index in [0.717, 1.165) is 41.3 Å². The second-order valence-electron chi connectivity index (χ2n) is 11.1. The van der Waals surface area contributed by atoms with Crippen LogP contribution in [0.1, 0.15) is 17.9 Å². The van der Waals surface area contributed by atoms with Crippen molar-refractivity contribution in [2.24, 2.45) is 22.6 Å². The number of hydrogen-bond acceptors (Lipinski definition) is 5. The highest BCUT2D eigenvalue weighted by atomic mass is 15.1. The number of rotatable bonds is 6. The van der Waals surface area contributed by atoms with Gasteiger partial charge in [0.15, 0.2) is 0 Å². The van der Waals surface area contributed by atoms with Crippen LogP contribution in [0.5, 0.6) is 0 Å². The Bertz CT molecular complexity index is 1710. The van der Waals surface area contributed by atoms with Crippen molar-refractivity contribution >= 4 is 6.72 Å². The molecular weight excluding hydrogens is 514 g/mol. The van der Waals surface area contributed by atoms with Gasteiger partial charge in [-0.05, 0) is 66.1 Å². The van der Waals surface area contributed by atoms with Gasteiger partial charge in [-0.3, -0.25) is 9.98 Å². The molecule has 1 aliphatic heterocycles. The summed E-state index contributed by atoms with van der Waals surface area (Å²) in [4.78, 5) is 16.2. The summed E-state index contributed by atoms with van der Waals surface area (Å²) >= 11 is 0. The number of hydrogen-bond donors (Lipinski definition) is 1. The van der Waals surface area contributed by atoms with Gasteiger partial charge in [0.2, 0.25) is 0 Å². The van der Waals surface area contributed by atoms with E-state index in [4.69, 9.17) is 10.7 Å². The molecule has 3 aliphatic rings. The molecule has 0 saturated carbocycles. The molecule has 7 rings (SSSR count). The Balaban J connectivity index is 1.18. The van der Waals surface area contributed by atoms with E-state index in [9.17, 15) is 0 Å². The van der Waals surface area contributed by atoms with E-state index in [1.165, 1.54) is 22.4 Å². The first-order chi connectivity index (χ1) is 20.7. The van der Waals surface area contributed by atoms with E-state index >= 15 is 0 Å². The molecule has 3 heterocycles. The minimum Gasteiger partial charge on any atom is -0.345 e. The lowest BCUT2D eigenvalue weighted by molar-refractivity contribution is 0.298. The van der Waals surface area contributed by atoms with Crippen LogP contribution in [0.4, 0.5) is 0 Å². The lowest BCUT2D eigenvalue weighted by atomic mass is 9.67. The maximum absolute atomic E-state index is 6.53. The molecule has 4 atom stereocenters. The summed E-state index contributed by atoms with van der Waals surface area (Å²) in [5, 5.41) is 0. The fourth-order valence-corrected chi connectivity index (χ4v) is 6.57. The first-order valence-electron chi connectivity index (χ1n) is 14.5. The van der Waals surface area contributed by atoms with Gasteiger partial charge < -0.3 is 10.6 Å². The monoisotopic (exact) mass is 547 g/mol. The highest BCUT2D eigenvalue weighted by Gasteiger charge is 2.42. The van der Waals surface area contributed by atoms with Crippen LogP contribution in [0.25, 0.3) is 33.8 Å². The highest BCUT2D eigenvalue weighted by Crippen LogP contribution is 2.50. The average molecular weight is 548 g/mol. The van der Waals surface area contributed by atoms with Crippen LogP contribution in [0.15, 0.2) is 144 Å². The van der Waals surface area contributed by atoms with Crippen LogP contribution in [-0.4, -0.2) is 34.2 Å². The van der Waals surface area contributed by atoms with Gasteiger partial charge >= 0.3 is 0 Å². The van der Waals surface area contributed by atoms with E-state index in [2.05, 4.69) is 107 Å². The van der Waals surface area contributed by atoms with Crippen molar-refractivity contribution in [3.8, 4) is 33.8 Å². The van der Waals surface area contributed by atoms with Crippen molar-refractivity contribution < 1.29 is 0 Å². The van der Waals surface area contributed by atoms with Gasteiger partial charge in [-0.15, -0.1) is 0 Å². The van der Waals surface area contributed by atoms with Gasteiger partial charge in [0.1, 0.15) is 0 Å². The topological polar surface area (TPSA) is 67.4 Å². The molecule has 2 bridgehead atoms. The molecule has 2 N–H and O–H groups in total. The normalized spacial score (nSPS) is 22.8. The number of nitrogens with two attached hydrogens (primary N) is 1. The average Bonchev–Trinajstić information content (AvgIpc) is 3.07. The Kier molecular flexibility index (Phi) is 6.94. The molecule has 2 aromatic heterocycles. The van der Waals surface area contributed by atoms with Crippen molar-refractivity contribution in [1.29, 1.82) is 0 Å². The maximum atomic E-state index is 6.53. The zero-order valence-electron chi connectivity index (χ0n) is 23.4. The summed E-state index contributed by atoms with van der Waals surface area (Å²) in [6, 6.07) is 29.6. The zero-order chi connectivity index (χ0) is 28.5. The van der Waals surface area contributed by atoms with Crippen molar-refractivity contribution in [3.63, 3.8) is 0 Å². The van der Waals surface area contributed by atoms with Crippen LogP contribution in [0, 0.1) is 11.8 Å². The highest BCUT2D eigenvalue weighted by molar-refractivity contribution is 5.70. The molecule has 0 fully saturated rings. The third-order valence-corrected chi connectivity index (χ3v) is 8.66. The Morgan fingerprint density at radius 1 is 0.786 bits per heavy atom. The Morgan fingerprint density at radius 2 is 1.52 bits per heavy atom. The van der Waals surface area contributed by atoms with Crippen molar-refractivity contribution in [3.05, 3.63) is 145 Å². The van der Waals surface area contributed by atoms with Crippen LogP contribution >= 0.6 is 0 Å². The van der Waals surface area contributed by atoms with Crippen molar-refractivity contribution in [2.45, 2.75) is 18.4 Å². The summed E-state index contributed by atoms with van der Waals surface area (Å²) in [5.41, 5.74) is 16.2. The number of pyridine rings is 2. The SMILES string of the molecule is C=NC1=C(N2C=CC=CC2)[C@H](c2ccc(-c3ccc(-c4cccc(-c5ccccn5)n4)cc3)cc2)C2C=CC(N)C1C2. The number of allylic oxidation sites excluding steroid dienone is 4. The molecule has 2 aromatic carbocycles. The molecule has 0 radical (unpaired) electrons. The number of aliphatic imine (C=N–C) groups is 1. The fourth-order valence-electron chi connectivity index (χ4n) is 6.57. The molecule has 206 valence electrons. The molecule has 5 heteroatoms. The summed E-state index contributed by atoms with van der Waals surface area (Å²) in [6.45, 7) is 4.80. The molecule has 42 heavy (non-hydrogen) atoms. The zero-order valence-corrected chi connectivity index (χ0v) is 23.4. The van der Waals surface area contributed by atoms with Gasteiger partial charge in [-0.2, -0.15) is 0 Å². The summed E-state index contributed by atoms with van der Waals surface area (Å²) in [7, 11) is 0. The molecule has 5 nitrogen and oxygen atoms in total. The van der Waals surface area contributed by atoms with E-state index in [1.54, 1.807) is 6.20 Å². The molecular formula is C37H33N5. The lowest BCUT2D eigenvalue weighted by Gasteiger charge is -2.45. The fraction of sp³-hybridized carbons (Fsp3) is 0.162. The standard InChI is InChI=1S/C37H33N5/c1-39-36-30-24-29(19-20-31(30)38)35(37(36)42-22-5-2-6-23-42)28-17-13-26(14-18-28)25-11-15-27(16-12-25)32-9-7-10-34(41-32)33-8-3-4-21-40-33/h2-22,29-31,35H,1,23-24,38H2/t29?,30?,31?,35-/m1/s1. The van der Waals surface area contributed by atoms with E-state index in [1.807, 2.05) is 36.4 Å². The number of fused-ring (bicyclic) bond motifs is 2. The lowest BCUT2D eigenvalue weighted by Crippen LogP contribution is -2.42. The second kappa shape index (κ2) is 11.2. The van der Waals surface area contributed by atoms with Gasteiger partial charge in [0.05, 0.1) is 22.8 Å². The molecule has 4 aromatic rings. The summed E-state index contributed by atoms with van der Waals surface area (Å²) in [5.74, 6) is 0.754. The quantitative estimate of drug-likeness (QED) is 0.202.